The van der Waals surface area contributed by atoms with E-state index in [0.29, 0.717) is 12.0 Å². The topological polar surface area (TPSA) is 158 Å². The summed E-state index contributed by atoms with van der Waals surface area (Å²) in [6, 6.07) is 4.93. The Bertz CT molecular complexity index is 1070. The molecule has 1 spiro atoms. The summed E-state index contributed by atoms with van der Waals surface area (Å²) in [5, 5.41) is 21.1. The number of nitrogens with zero attached hydrogens (tertiary/aromatic N) is 4. The van der Waals surface area contributed by atoms with E-state index >= 15 is 0 Å². The van der Waals surface area contributed by atoms with E-state index in [0.717, 1.165) is 24.2 Å². The first-order chi connectivity index (χ1) is 15.3. The van der Waals surface area contributed by atoms with Crippen molar-refractivity contribution in [3.8, 4) is 11.5 Å². The van der Waals surface area contributed by atoms with Crippen LogP contribution < -0.4 is 5.32 Å². The minimum absolute atomic E-state index is 0.00118. The molecule has 0 unspecified atom stereocenters. The molecule has 12 heteroatoms. The molecule has 1 aromatic carbocycles. The summed E-state index contributed by atoms with van der Waals surface area (Å²) < 4.78 is 10.5. The Hall–Kier alpha value is -3.83. The summed E-state index contributed by atoms with van der Waals surface area (Å²) in [5.74, 6) is -1.09. The Morgan fingerprint density at radius 1 is 1.31 bits per heavy atom. The number of esters is 1. The third kappa shape index (κ3) is 3.90. The zero-order valence-electron chi connectivity index (χ0n) is 17.3. The number of nitro benzene ring substituents is 1. The zero-order valence-corrected chi connectivity index (χ0v) is 17.3. The van der Waals surface area contributed by atoms with Gasteiger partial charge in [-0.3, -0.25) is 24.6 Å². The van der Waals surface area contributed by atoms with E-state index in [-0.39, 0.29) is 30.0 Å². The second-order valence-corrected chi connectivity index (χ2v) is 7.91. The van der Waals surface area contributed by atoms with Crippen LogP contribution in [0.1, 0.15) is 38.5 Å². The number of hydrogen-bond donors (Lipinski definition) is 1. The third-order valence-electron chi connectivity index (χ3n) is 5.94. The molecule has 2 aliphatic rings. The molecule has 0 radical (unpaired) electrons. The van der Waals surface area contributed by atoms with E-state index in [2.05, 4.69) is 15.5 Å². The van der Waals surface area contributed by atoms with Crippen molar-refractivity contribution in [1.29, 1.82) is 0 Å². The largest absolute Gasteiger partial charge is 0.454 e. The predicted octanol–water partition coefficient (Wildman–Crippen LogP) is 2.19. The van der Waals surface area contributed by atoms with Crippen LogP contribution >= 0.6 is 0 Å². The van der Waals surface area contributed by atoms with Crippen LogP contribution in [-0.2, 0) is 20.9 Å². The van der Waals surface area contributed by atoms with Gasteiger partial charge in [-0.2, -0.15) is 0 Å². The number of benzene rings is 1. The van der Waals surface area contributed by atoms with E-state index in [4.69, 9.17) is 9.15 Å². The number of nitro groups is 1. The van der Waals surface area contributed by atoms with Crippen LogP contribution in [0.5, 0.6) is 0 Å². The van der Waals surface area contributed by atoms with Crippen LogP contribution in [0.2, 0.25) is 0 Å². The maximum atomic E-state index is 12.9. The molecule has 1 aliphatic carbocycles. The highest BCUT2D eigenvalue weighted by Gasteiger charge is 2.55. The highest BCUT2D eigenvalue weighted by molar-refractivity contribution is 6.08. The Morgan fingerprint density at radius 2 is 2.06 bits per heavy atom. The van der Waals surface area contributed by atoms with Gasteiger partial charge in [-0.05, 0) is 30.9 Å². The van der Waals surface area contributed by atoms with Gasteiger partial charge in [0, 0.05) is 17.7 Å². The van der Waals surface area contributed by atoms with Crippen LogP contribution in [0.4, 0.5) is 10.5 Å². The van der Waals surface area contributed by atoms with Crippen LogP contribution in [-0.4, -0.2) is 50.0 Å². The average molecular weight is 443 g/mol. The molecule has 3 amide bonds. The quantitative estimate of drug-likeness (QED) is 0.306. The second kappa shape index (κ2) is 8.36. The fourth-order valence-electron chi connectivity index (χ4n) is 4.11. The smallest absolute Gasteiger partial charge is 0.326 e. The van der Waals surface area contributed by atoms with Crippen molar-refractivity contribution < 1.29 is 28.5 Å². The lowest BCUT2D eigenvalue weighted by molar-refractivity contribution is -0.384. The first kappa shape index (κ1) is 21.4. The number of ether oxygens (including phenoxy) is 1. The van der Waals surface area contributed by atoms with E-state index in [9.17, 15) is 24.5 Å². The van der Waals surface area contributed by atoms with Crippen molar-refractivity contribution in [1.82, 2.24) is 20.4 Å². The number of rotatable bonds is 6. The van der Waals surface area contributed by atoms with Gasteiger partial charge in [-0.15, -0.1) is 10.2 Å². The number of hydrogen-bond acceptors (Lipinski definition) is 9. The van der Waals surface area contributed by atoms with Gasteiger partial charge in [0.15, 0.2) is 6.61 Å². The Balaban J connectivity index is 1.34. The molecule has 12 nitrogen and oxygen atoms in total. The first-order valence-corrected chi connectivity index (χ1v) is 10.2. The van der Waals surface area contributed by atoms with Crippen LogP contribution in [0.25, 0.3) is 11.5 Å². The molecule has 0 bridgehead atoms. The van der Waals surface area contributed by atoms with Gasteiger partial charge >= 0.3 is 12.0 Å². The first-order valence-electron chi connectivity index (χ1n) is 10.2. The molecule has 168 valence electrons. The number of aromatic nitrogens is 2. The molecular formula is C20H21N5O7. The SMILES string of the molecule is C[C@H]1CCCC[C@]12NC(=O)N(CC(=O)OCc1nnc(-c3ccc([N+](=O)[O-])cc3)o1)C2=O. The fraction of sp³-hybridized carbons (Fsp3) is 0.450. The van der Waals surface area contributed by atoms with Crippen molar-refractivity contribution in [2.45, 2.75) is 44.8 Å². The van der Waals surface area contributed by atoms with E-state index < -0.39 is 34.9 Å². The lowest BCUT2D eigenvalue weighted by Crippen LogP contribution is -2.54. The van der Waals surface area contributed by atoms with Gasteiger partial charge in [0.05, 0.1) is 4.92 Å². The Labute approximate surface area is 182 Å². The number of nitrogens with one attached hydrogen (secondary N) is 1. The van der Waals surface area contributed by atoms with Gasteiger partial charge in [0.25, 0.3) is 17.5 Å². The minimum Gasteiger partial charge on any atom is -0.454 e. The number of urea groups is 1. The van der Waals surface area contributed by atoms with Gasteiger partial charge in [-0.1, -0.05) is 19.8 Å². The fourth-order valence-corrected chi connectivity index (χ4v) is 4.11. The van der Waals surface area contributed by atoms with Crippen molar-refractivity contribution in [2.75, 3.05) is 6.54 Å². The third-order valence-corrected chi connectivity index (χ3v) is 5.94. The highest BCUT2D eigenvalue weighted by Crippen LogP contribution is 2.38. The molecule has 32 heavy (non-hydrogen) atoms. The number of non-ortho nitro benzene ring substituents is 1. The molecule has 1 saturated carbocycles. The van der Waals surface area contributed by atoms with Crippen molar-refractivity contribution in [3.63, 3.8) is 0 Å². The molecule has 1 aliphatic heterocycles. The molecule has 1 saturated heterocycles. The molecule has 2 fully saturated rings. The van der Waals surface area contributed by atoms with Gasteiger partial charge < -0.3 is 14.5 Å². The van der Waals surface area contributed by atoms with E-state index in [1.54, 1.807) is 0 Å². The van der Waals surface area contributed by atoms with Crippen molar-refractivity contribution in [2.24, 2.45) is 5.92 Å². The van der Waals surface area contributed by atoms with Crippen molar-refractivity contribution in [3.05, 3.63) is 40.3 Å². The molecule has 1 aromatic heterocycles. The monoisotopic (exact) mass is 443 g/mol. The maximum Gasteiger partial charge on any atom is 0.326 e. The Morgan fingerprint density at radius 3 is 2.75 bits per heavy atom. The molecule has 4 rings (SSSR count). The summed E-state index contributed by atoms with van der Waals surface area (Å²) in [4.78, 5) is 48.6. The van der Waals surface area contributed by atoms with Gasteiger partial charge in [0.2, 0.25) is 5.89 Å². The van der Waals surface area contributed by atoms with Crippen LogP contribution in [0, 0.1) is 16.0 Å². The minimum atomic E-state index is -0.943. The van der Waals surface area contributed by atoms with Gasteiger partial charge in [0.1, 0.15) is 12.1 Å². The van der Waals surface area contributed by atoms with Crippen molar-refractivity contribution >= 4 is 23.6 Å². The number of carbonyl (C=O) groups is 3. The maximum absolute atomic E-state index is 12.9. The van der Waals surface area contributed by atoms with Crippen LogP contribution in [0.3, 0.4) is 0 Å². The second-order valence-electron chi connectivity index (χ2n) is 7.91. The Kier molecular flexibility index (Phi) is 5.59. The summed E-state index contributed by atoms with van der Waals surface area (Å²) in [6.07, 6.45) is 3.22. The van der Waals surface area contributed by atoms with Gasteiger partial charge in [-0.25, -0.2) is 4.79 Å². The van der Waals surface area contributed by atoms with E-state index in [1.165, 1.54) is 24.3 Å². The summed E-state index contributed by atoms with van der Waals surface area (Å²) in [7, 11) is 0. The molecule has 2 atom stereocenters. The molecule has 2 heterocycles. The lowest BCUT2D eigenvalue weighted by Gasteiger charge is -2.36. The summed E-state index contributed by atoms with van der Waals surface area (Å²) in [6.45, 7) is 1.07. The number of carbonyl (C=O) groups excluding carboxylic acids is 3. The zero-order chi connectivity index (χ0) is 22.9. The average Bonchev–Trinajstić information content (AvgIpc) is 3.34. The summed E-state index contributed by atoms with van der Waals surface area (Å²) >= 11 is 0. The molecule has 1 N–H and O–H groups in total. The number of amides is 3. The normalized spacial score (nSPS) is 22.8. The standard InChI is InChI=1S/C20H21N5O7/c1-12-4-2-3-9-20(12)18(27)24(19(28)21-20)10-16(26)31-11-15-22-23-17(32-15)13-5-7-14(8-6-13)25(29)30/h5-8,12H,2-4,9-11H2,1H3,(H,21,28)/t12-,20-/m0/s1. The van der Waals surface area contributed by atoms with Crippen LogP contribution in [0.15, 0.2) is 28.7 Å². The molecular weight excluding hydrogens is 422 g/mol. The predicted molar refractivity (Wildman–Crippen MR) is 107 cm³/mol. The summed E-state index contributed by atoms with van der Waals surface area (Å²) in [5.41, 5.74) is -0.555. The highest BCUT2D eigenvalue weighted by atomic mass is 16.6. The lowest BCUT2D eigenvalue weighted by atomic mass is 9.73. The van der Waals surface area contributed by atoms with E-state index in [1.807, 2.05) is 6.92 Å². The molecule has 2 aromatic rings. The number of imide groups is 1.